The van der Waals surface area contributed by atoms with E-state index in [1.807, 2.05) is 6.92 Å². The predicted molar refractivity (Wildman–Crippen MR) is 133 cm³/mol. The molecule has 0 heterocycles. The van der Waals surface area contributed by atoms with Crippen LogP contribution in [0.5, 0.6) is 0 Å². The molecule has 0 saturated heterocycles. The summed E-state index contributed by atoms with van der Waals surface area (Å²) in [4.78, 5) is 48.7. The van der Waals surface area contributed by atoms with Crippen molar-refractivity contribution in [3.05, 3.63) is 0 Å². The lowest BCUT2D eigenvalue weighted by molar-refractivity contribution is -0.146. The number of carbonyl (C=O) groups excluding carboxylic acids is 3. The number of amides is 3. The maximum Gasteiger partial charge on any atom is 0.407 e. The second-order valence-electron chi connectivity index (χ2n) is 10.7. The van der Waals surface area contributed by atoms with Gasteiger partial charge in [0.2, 0.25) is 11.8 Å². The second kappa shape index (κ2) is 14.9. The van der Waals surface area contributed by atoms with Crippen molar-refractivity contribution in [3.63, 3.8) is 0 Å². The number of nitrogens with one attached hydrogen (secondary N) is 3. The summed E-state index contributed by atoms with van der Waals surface area (Å²) in [6.45, 7) is 14.5. The van der Waals surface area contributed by atoms with Gasteiger partial charge in [-0.25, -0.2) is 9.59 Å². The number of nitrogens with two attached hydrogens (primary N) is 1. The molecule has 0 aliphatic heterocycles. The van der Waals surface area contributed by atoms with Crippen molar-refractivity contribution in [2.24, 2.45) is 11.7 Å². The van der Waals surface area contributed by atoms with Crippen LogP contribution < -0.4 is 21.7 Å². The minimum atomic E-state index is -1.25. The van der Waals surface area contributed by atoms with Crippen LogP contribution in [0.4, 0.5) is 4.79 Å². The van der Waals surface area contributed by atoms with Crippen molar-refractivity contribution in [2.45, 2.75) is 110 Å². The molecule has 0 aliphatic rings. The summed E-state index contributed by atoms with van der Waals surface area (Å²) >= 11 is 0. The van der Waals surface area contributed by atoms with E-state index in [0.717, 1.165) is 0 Å². The van der Waals surface area contributed by atoms with Crippen molar-refractivity contribution in [1.29, 1.82) is 0 Å². The van der Waals surface area contributed by atoms with Gasteiger partial charge in [-0.1, -0.05) is 20.3 Å². The van der Waals surface area contributed by atoms with Crippen LogP contribution in [-0.2, 0) is 23.9 Å². The highest BCUT2D eigenvalue weighted by Gasteiger charge is 2.31. The second-order valence-corrected chi connectivity index (χ2v) is 10.7. The first-order chi connectivity index (χ1) is 16.0. The van der Waals surface area contributed by atoms with Crippen LogP contribution in [0.25, 0.3) is 0 Å². The average Bonchev–Trinajstić information content (AvgIpc) is 2.71. The molecule has 35 heavy (non-hydrogen) atoms. The SMILES string of the molecule is CC[C@H](C)[C@H](NC(=O)[C@@H](N)CCCCNC(=O)OC(C)(C)C)C(=O)N[C@@H](COC(C)(C)C)C(=O)O. The fourth-order valence-electron chi connectivity index (χ4n) is 2.86. The van der Waals surface area contributed by atoms with Crippen molar-refractivity contribution >= 4 is 23.9 Å². The van der Waals surface area contributed by atoms with Crippen LogP contribution in [0.2, 0.25) is 0 Å². The minimum Gasteiger partial charge on any atom is -0.480 e. The number of hydrogen-bond donors (Lipinski definition) is 5. The topological polar surface area (TPSA) is 169 Å². The third kappa shape index (κ3) is 15.3. The number of aliphatic carboxylic acids is 1. The lowest BCUT2D eigenvalue weighted by Crippen LogP contribution is -2.57. The lowest BCUT2D eigenvalue weighted by Gasteiger charge is -2.28. The largest absolute Gasteiger partial charge is 0.480 e. The molecular weight excluding hydrogens is 456 g/mol. The molecule has 204 valence electrons. The predicted octanol–water partition coefficient (Wildman–Crippen LogP) is 1.92. The Balaban J connectivity index is 4.80. The third-order valence-electron chi connectivity index (χ3n) is 5.04. The van der Waals surface area contributed by atoms with E-state index in [9.17, 15) is 24.3 Å². The van der Waals surface area contributed by atoms with E-state index >= 15 is 0 Å². The summed E-state index contributed by atoms with van der Waals surface area (Å²) in [5.41, 5.74) is 4.86. The summed E-state index contributed by atoms with van der Waals surface area (Å²) < 4.78 is 10.7. The molecular formula is C24H46N4O7. The monoisotopic (exact) mass is 502 g/mol. The Hall–Kier alpha value is -2.40. The van der Waals surface area contributed by atoms with E-state index in [0.29, 0.717) is 32.2 Å². The number of carboxylic acids is 1. The Kier molecular flexibility index (Phi) is 13.9. The van der Waals surface area contributed by atoms with Gasteiger partial charge in [-0.15, -0.1) is 0 Å². The summed E-state index contributed by atoms with van der Waals surface area (Å²) in [5, 5.41) is 17.2. The minimum absolute atomic E-state index is 0.206. The van der Waals surface area contributed by atoms with Gasteiger partial charge in [0.15, 0.2) is 6.04 Å². The van der Waals surface area contributed by atoms with E-state index in [4.69, 9.17) is 15.2 Å². The Morgan fingerprint density at radius 2 is 1.54 bits per heavy atom. The Labute approximate surface area is 209 Å². The number of unbranched alkanes of at least 4 members (excludes halogenated alkanes) is 1. The van der Waals surface area contributed by atoms with Crippen LogP contribution in [0.1, 0.15) is 81.1 Å². The van der Waals surface area contributed by atoms with E-state index < -0.39 is 53.2 Å². The standard InChI is InChI=1S/C24H46N4O7/c1-9-15(2)18(20(30)27-17(21(31)32)14-34-23(3,4)5)28-19(29)16(25)12-10-11-13-26-22(33)35-24(6,7)8/h15-18H,9-14,25H2,1-8H3,(H,26,33)(H,27,30)(H,28,29)(H,31,32)/t15-,16-,17-,18-/m0/s1. The van der Waals surface area contributed by atoms with E-state index in [1.54, 1.807) is 48.5 Å². The quantitative estimate of drug-likeness (QED) is 0.224. The Morgan fingerprint density at radius 3 is 2.03 bits per heavy atom. The molecule has 0 unspecified atom stereocenters. The molecule has 0 aromatic heterocycles. The summed E-state index contributed by atoms with van der Waals surface area (Å²) in [5.74, 6) is -2.58. The van der Waals surface area contributed by atoms with Crippen molar-refractivity contribution in [1.82, 2.24) is 16.0 Å². The smallest absolute Gasteiger partial charge is 0.407 e. The third-order valence-corrected chi connectivity index (χ3v) is 5.04. The van der Waals surface area contributed by atoms with Gasteiger partial charge >= 0.3 is 12.1 Å². The van der Waals surface area contributed by atoms with E-state index in [2.05, 4.69) is 16.0 Å². The van der Waals surface area contributed by atoms with Crippen LogP contribution >= 0.6 is 0 Å². The molecule has 0 aromatic rings. The molecule has 0 saturated carbocycles. The molecule has 0 aliphatic carbocycles. The number of carbonyl (C=O) groups is 4. The number of carboxylic acid groups (broad SMARTS) is 1. The van der Waals surface area contributed by atoms with Crippen molar-refractivity contribution in [2.75, 3.05) is 13.2 Å². The molecule has 0 fully saturated rings. The van der Waals surface area contributed by atoms with Crippen molar-refractivity contribution < 1.29 is 33.8 Å². The highest BCUT2D eigenvalue weighted by molar-refractivity contribution is 5.92. The summed E-state index contributed by atoms with van der Waals surface area (Å²) in [6, 6.07) is -3.05. The average molecular weight is 503 g/mol. The number of alkyl carbamates (subject to hydrolysis) is 1. The van der Waals surface area contributed by atoms with E-state index in [1.165, 1.54) is 0 Å². The first kappa shape index (κ1) is 32.6. The lowest BCUT2D eigenvalue weighted by atomic mass is 9.97. The highest BCUT2D eigenvalue weighted by Crippen LogP contribution is 2.11. The number of rotatable bonds is 14. The molecule has 0 radical (unpaired) electrons. The normalized spacial score (nSPS) is 15.3. The maximum atomic E-state index is 12.9. The first-order valence-electron chi connectivity index (χ1n) is 12.2. The fraction of sp³-hybridized carbons (Fsp3) is 0.833. The van der Waals surface area contributed by atoms with Gasteiger partial charge in [0.1, 0.15) is 11.6 Å². The molecule has 11 nitrogen and oxygen atoms in total. The molecule has 6 N–H and O–H groups in total. The van der Waals surface area contributed by atoms with Gasteiger partial charge < -0.3 is 36.3 Å². The van der Waals surface area contributed by atoms with Gasteiger partial charge in [0.05, 0.1) is 18.2 Å². The van der Waals surface area contributed by atoms with Crippen LogP contribution in [0.15, 0.2) is 0 Å². The molecule has 3 amide bonds. The first-order valence-corrected chi connectivity index (χ1v) is 12.2. The molecule has 11 heteroatoms. The zero-order valence-electron chi connectivity index (χ0n) is 22.5. The van der Waals surface area contributed by atoms with Gasteiger partial charge in [-0.05, 0) is 66.7 Å². The van der Waals surface area contributed by atoms with Crippen LogP contribution in [0, 0.1) is 5.92 Å². The van der Waals surface area contributed by atoms with Crippen molar-refractivity contribution in [3.8, 4) is 0 Å². The molecule has 0 aromatic carbocycles. The molecule has 0 rings (SSSR count). The zero-order valence-corrected chi connectivity index (χ0v) is 22.5. The maximum absolute atomic E-state index is 12.9. The van der Waals surface area contributed by atoms with Gasteiger partial charge in [0.25, 0.3) is 0 Å². The fourth-order valence-corrected chi connectivity index (χ4v) is 2.86. The van der Waals surface area contributed by atoms with Crippen LogP contribution in [-0.4, -0.2) is 71.5 Å². The summed E-state index contributed by atoms with van der Waals surface area (Å²) in [6.07, 6.45) is 1.61. The molecule has 0 spiro atoms. The summed E-state index contributed by atoms with van der Waals surface area (Å²) in [7, 11) is 0. The Bertz CT molecular complexity index is 701. The van der Waals surface area contributed by atoms with E-state index in [-0.39, 0.29) is 12.5 Å². The molecule has 0 bridgehead atoms. The molecule has 4 atom stereocenters. The van der Waals surface area contributed by atoms with Gasteiger partial charge in [0, 0.05) is 6.54 Å². The number of ether oxygens (including phenoxy) is 2. The van der Waals surface area contributed by atoms with Gasteiger partial charge in [-0.3, -0.25) is 9.59 Å². The highest BCUT2D eigenvalue weighted by atomic mass is 16.6. The Morgan fingerprint density at radius 1 is 0.943 bits per heavy atom. The number of hydrogen-bond acceptors (Lipinski definition) is 7. The van der Waals surface area contributed by atoms with Crippen LogP contribution in [0.3, 0.4) is 0 Å². The zero-order chi connectivity index (χ0) is 27.4. The van der Waals surface area contributed by atoms with Gasteiger partial charge in [-0.2, -0.15) is 0 Å².